The molecule has 0 saturated heterocycles. The highest BCUT2D eigenvalue weighted by molar-refractivity contribution is 5.93. The summed E-state index contributed by atoms with van der Waals surface area (Å²) >= 11 is 0. The van der Waals surface area contributed by atoms with Crippen LogP contribution in [0.3, 0.4) is 0 Å². The van der Waals surface area contributed by atoms with Crippen LogP contribution in [0, 0.1) is 0 Å². The fourth-order valence-corrected chi connectivity index (χ4v) is 3.28. The molecule has 0 atom stereocenters. The molecule has 0 saturated carbocycles. The van der Waals surface area contributed by atoms with Gasteiger partial charge in [-0.1, -0.05) is 84.9 Å². The summed E-state index contributed by atoms with van der Waals surface area (Å²) in [5.41, 5.74) is 3.61. The quantitative estimate of drug-likeness (QED) is 0.435. The van der Waals surface area contributed by atoms with E-state index in [9.17, 15) is 0 Å². The Bertz CT molecular complexity index is 1010. The molecule has 0 aliphatic rings. The van der Waals surface area contributed by atoms with Crippen LogP contribution in [0.4, 0.5) is 5.69 Å². The van der Waals surface area contributed by atoms with E-state index in [2.05, 4.69) is 84.2 Å². The standard InChI is InChI=1S/C25H23NO/c1-2-9-20(10-3-1)17-18-27-25-16-7-5-12-22(25)19-26-24-15-8-13-21-11-4-6-14-23(21)24/h1-16,26H,17-19H2. The average molecular weight is 353 g/mol. The zero-order chi connectivity index (χ0) is 18.3. The highest BCUT2D eigenvalue weighted by atomic mass is 16.5. The van der Waals surface area contributed by atoms with Gasteiger partial charge in [-0.2, -0.15) is 0 Å². The maximum atomic E-state index is 6.08. The van der Waals surface area contributed by atoms with Gasteiger partial charge in [0, 0.05) is 29.6 Å². The third-order valence-corrected chi connectivity index (χ3v) is 4.72. The summed E-state index contributed by atoms with van der Waals surface area (Å²) in [7, 11) is 0. The molecule has 0 amide bonds. The van der Waals surface area contributed by atoms with Gasteiger partial charge >= 0.3 is 0 Å². The Morgan fingerprint density at radius 3 is 2.33 bits per heavy atom. The molecule has 4 aromatic rings. The molecule has 0 heterocycles. The van der Waals surface area contributed by atoms with E-state index in [-0.39, 0.29) is 0 Å². The van der Waals surface area contributed by atoms with Crippen LogP contribution in [0.15, 0.2) is 97.1 Å². The van der Waals surface area contributed by atoms with Gasteiger partial charge in [0.25, 0.3) is 0 Å². The zero-order valence-electron chi connectivity index (χ0n) is 15.3. The summed E-state index contributed by atoms with van der Waals surface area (Å²) in [6, 6.07) is 33.5. The van der Waals surface area contributed by atoms with Gasteiger partial charge in [0.15, 0.2) is 0 Å². The van der Waals surface area contributed by atoms with Crippen LogP contribution in [-0.2, 0) is 13.0 Å². The van der Waals surface area contributed by atoms with Gasteiger partial charge in [0.2, 0.25) is 0 Å². The number of fused-ring (bicyclic) bond motifs is 1. The van der Waals surface area contributed by atoms with Crippen molar-refractivity contribution in [2.24, 2.45) is 0 Å². The van der Waals surface area contributed by atoms with Crippen molar-refractivity contribution in [3.05, 3.63) is 108 Å². The van der Waals surface area contributed by atoms with Crippen molar-refractivity contribution in [3.8, 4) is 5.75 Å². The predicted molar refractivity (Wildman–Crippen MR) is 113 cm³/mol. The number of hydrogen-bond donors (Lipinski definition) is 1. The Kier molecular flexibility index (Phi) is 5.35. The van der Waals surface area contributed by atoms with E-state index in [1.807, 2.05) is 18.2 Å². The van der Waals surface area contributed by atoms with Gasteiger partial charge in [-0.25, -0.2) is 0 Å². The maximum absolute atomic E-state index is 6.08. The lowest BCUT2D eigenvalue weighted by Gasteiger charge is -2.14. The van der Waals surface area contributed by atoms with Crippen molar-refractivity contribution < 1.29 is 4.74 Å². The van der Waals surface area contributed by atoms with Crippen LogP contribution in [0.1, 0.15) is 11.1 Å². The van der Waals surface area contributed by atoms with E-state index in [0.29, 0.717) is 6.61 Å². The van der Waals surface area contributed by atoms with Crippen LogP contribution in [-0.4, -0.2) is 6.61 Å². The Balaban J connectivity index is 1.43. The predicted octanol–water partition coefficient (Wildman–Crippen LogP) is 6.07. The Hall–Kier alpha value is -3.26. The monoisotopic (exact) mass is 353 g/mol. The lowest BCUT2D eigenvalue weighted by atomic mass is 10.1. The smallest absolute Gasteiger partial charge is 0.124 e. The van der Waals surface area contributed by atoms with E-state index < -0.39 is 0 Å². The molecule has 0 unspecified atom stereocenters. The van der Waals surface area contributed by atoms with Gasteiger partial charge in [0.05, 0.1) is 6.61 Å². The summed E-state index contributed by atoms with van der Waals surface area (Å²) < 4.78 is 6.08. The first-order valence-electron chi connectivity index (χ1n) is 9.36. The van der Waals surface area contributed by atoms with Crippen LogP contribution in [0.2, 0.25) is 0 Å². The Morgan fingerprint density at radius 2 is 1.41 bits per heavy atom. The Morgan fingerprint density at radius 1 is 0.667 bits per heavy atom. The first-order valence-corrected chi connectivity index (χ1v) is 9.36. The second-order valence-electron chi connectivity index (χ2n) is 6.57. The summed E-state index contributed by atoms with van der Waals surface area (Å²) in [6.07, 6.45) is 0.909. The maximum Gasteiger partial charge on any atom is 0.124 e. The second kappa shape index (κ2) is 8.41. The van der Waals surface area contributed by atoms with Gasteiger partial charge < -0.3 is 10.1 Å². The first kappa shape index (κ1) is 17.2. The molecule has 134 valence electrons. The molecule has 4 aromatic carbocycles. The summed E-state index contributed by atoms with van der Waals surface area (Å²) in [6.45, 7) is 1.41. The van der Waals surface area contributed by atoms with Crippen molar-refractivity contribution in [2.75, 3.05) is 11.9 Å². The lowest BCUT2D eigenvalue weighted by Crippen LogP contribution is -2.06. The molecular weight excluding hydrogens is 330 g/mol. The van der Waals surface area contributed by atoms with Gasteiger partial charge in [0.1, 0.15) is 5.75 Å². The number of ether oxygens (including phenoxy) is 1. The van der Waals surface area contributed by atoms with Crippen molar-refractivity contribution in [1.29, 1.82) is 0 Å². The van der Waals surface area contributed by atoms with Gasteiger partial charge in [-0.3, -0.25) is 0 Å². The fourth-order valence-electron chi connectivity index (χ4n) is 3.28. The zero-order valence-corrected chi connectivity index (χ0v) is 15.3. The van der Waals surface area contributed by atoms with Crippen LogP contribution < -0.4 is 10.1 Å². The van der Waals surface area contributed by atoms with Crippen LogP contribution >= 0.6 is 0 Å². The van der Waals surface area contributed by atoms with E-state index >= 15 is 0 Å². The third kappa shape index (κ3) is 4.29. The minimum Gasteiger partial charge on any atom is -0.493 e. The van der Waals surface area contributed by atoms with E-state index in [4.69, 9.17) is 4.74 Å². The molecule has 4 rings (SSSR count). The fraction of sp³-hybridized carbons (Fsp3) is 0.120. The molecule has 2 heteroatoms. The molecule has 0 bridgehead atoms. The number of benzene rings is 4. The van der Waals surface area contributed by atoms with Gasteiger partial charge in [-0.05, 0) is 23.1 Å². The van der Waals surface area contributed by atoms with Crippen molar-refractivity contribution in [2.45, 2.75) is 13.0 Å². The third-order valence-electron chi connectivity index (χ3n) is 4.72. The highest BCUT2D eigenvalue weighted by Crippen LogP contribution is 2.25. The number of hydrogen-bond acceptors (Lipinski definition) is 2. The molecule has 1 N–H and O–H groups in total. The molecule has 0 aromatic heterocycles. The molecule has 27 heavy (non-hydrogen) atoms. The minimum atomic E-state index is 0.676. The minimum absolute atomic E-state index is 0.676. The largest absolute Gasteiger partial charge is 0.493 e. The van der Waals surface area contributed by atoms with Crippen molar-refractivity contribution in [3.63, 3.8) is 0 Å². The normalized spacial score (nSPS) is 10.7. The molecule has 0 aliphatic carbocycles. The topological polar surface area (TPSA) is 21.3 Å². The number of anilines is 1. The first-order chi connectivity index (χ1) is 13.4. The molecule has 0 radical (unpaired) electrons. The second-order valence-corrected chi connectivity index (χ2v) is 6.57. The van der Waals surface area contributed by atoms with Gasteiger partial charge in [-0.15, -0.1) is 0 Å². The van der Waals surface area contributed by atoms with Crippen molar-refractivity contribution >= 4 is 16.5 Å². The van der Waals surface area contributed by atoms with E-state index in [1.54, 1.807) is 0 Å². The highest BCUT2D eigenvalue weighted by Gasteiger charge is 2.05. The Labute approximate surface area is 160 Å². The summed E-state index contributed by atoms with van der Waals surface area (Å²) in [5.74, 6) is 0.946. The molecule has 0 fully saturated rings. The van der Waals surface area contributed by atoms with E-state index in [1.165, 1.54) is 21.9 Å². The van der Waals surface area contributed by atoms with Crippen LogP contribution in [0.25, 0.3) is 10.8 Å². The van der Waals surface area contributed by atoms with Crippen molar-refractivity contribution in [1.82, 2.24) is 0 Å². The number of para-hydroxylation sites is 1. The lowest BCUT2D eigenvalue weighted by molar-refractivity contribution is 0.319. The molecule has 0 aliphatic heterocycles. The molecular formula is C25H23NO. The summed E-state index contributed by atoms with van der Waals surface area (Å²) in [5, 5.41) is 6.06. The number of nitrogens with one attached hydrogen (secondary N) is 1. The average Bonchev–Trinajstić information content (AvgIpc) is 2.74. The van der Waals surface area contributed by atoms with Crippen LogP contribution in [0.5, 0.6) is 5.75 Å². The number of rotatable bonds is 7. The summed E-state index contributed by atoms with van der Waals surface area (Å²) in [4.78, 5) is 0. The molecule has 2 nitrogen and oxygen atoms in total. The molecule has 0 spiro atoms. The SMILES string of the molecule is c1ccc(CCOc2ccccc2CNc2cccc3ccccc23)cc1. The van der Waals surface area contributed by atoms with E-state index in [0.717, 1.165) is 24.4 Å².